The Morgan fingerprint density at radius 3 is 2.64 bits per heavy atom. The van der Waals surface area contributed by atoms with E-state index in [1.54, 1.807) is 17.0 Å². The fourth-order valence-corrected chi connectivity index (χ4v) is 2.82. The predicted molar refractivity (Wildman–Crippen MR) is 85.4 cm³/mol. The van der Waals surface area contributed by atoms with Gasteiger partial charge in [-0.1, -0.05) is 11.6 Å². The summed E-state index contributed by atoms with van der Waals surface area (Å²) in [6.07, 6.45) is 2.26. The Morgan fingerprint density at radius 1 is 1.41 bits per heavy atom. The lowest BCUT2D eigenvalue weighted by Gasteiger charge is -2.22. The van der Waals surface area contributed by atoms with E-state index in [-0.39, 0.29) is 17.4 Å². The van der Waals surface area contributed by atoms with Crippen LogP contribution in [-0.4, -0.2) is 31.5 Å². The van der Waals surface area contributed by atoms with Crippen molar-refractivity contribution in [3.05, 3.63) is 28.8 Å². The fourth-order valence-electron chi connectivity index (χ4n) is 2.07. The molecule has 1 amide bonds. The summed E-state index contributed by atoms with van der Waals surface area (Å²) in [7, 11) is -3.62. The van der Waals surface area contributed by atoms with Crippen molar-refractivity contribution in [2.24, 2.45) is 5.92 Å². The zero-order chi connectivity index (χ0) is 16.3. The average Bonchev–Trinajstić information content (AvgIpc) is 3.25. The molecule has 0 aromatic heterocycles. The molecule has 0 aliphatic heterocycles. The summed E-state index contributed by atoms with van der Waals surface area (Å²) in [5.74, 6) is 0.615. The molecule has 0 radical (unpaired) electrons. The van der Waals surface area contributed by atoms with Crippen LogP contribution in [0, 0.1) is 5.92 Å². The molecular formula is C15H20ClNO4S. The molecule has 2 rings (SSSR count). The van der Waals surface area contributed by atoms with Gasteiger partial charge in [-0.05, 0) is 43.9 Å². The lowest BCUT2D eigenvalue weighted by Crippen LogP contribution is -2.30. The normalized spacial score (nSPS) is 14.7. The first kappa shape index (κ1) is 17.1. The van der Waals surface area contributed by atoms with Crippen molar-refractivity contribution in [3.8, 4) is 5.75 Å². The molecule has 0 saturated heterocycles. The maximum absolute atomic E-state index is 11.8. The molecule has 5 nitrogen and oxygen atoms in total. The highest BCUT2D eigenvalue weighted by molar-refractivity contribution is 7.87. The van der Waals surface area contributed by atoms with Crippen LogP contribution < -0.4 is 4.18 Å². The summed E-state index contributed by atoms with van der Waals surface area (Å²) in [6.45, 7) is 4.00. The number of carbonyl (C=O) groups is 1. The largest absolute Gasteiger partial charge is 0.382 e. The summed E-state index contributed by atoms with van der Waals surface area (Å²) in [6, 6.07) is 4.75. The van der Waals surface area contributed by atoms with Crippen molar-refractivity contribution in [2.45, 2.75) is 33.2 Å². The molecule has 0 atom stereocenters. The van der Waals surface area contributed by atoms with Gasteiger partial charge in [-0.2, -0.15) is 8.42 Å². The van der Waals surface area contributed by atoms with Crippen molar-refractivity contribution in [1.82, 2.24) is 4.90 Å². The maximum Gasteiger partial charge on any atom is 0.308 e. The Hall–Kier alpha value is -1.27. The molecule has 0 heterocycles. The van der Waals surface area contributed by atoms with Crippen LogP contribution in [0.25, 0.3) is 0 Å². The minimum absolute atomic E-state index is 0.0452. The van der Waals surface area contributed by atoms with Crippen LogP contribution in [-0.2, 0) is 21.5 Å². The van der Waals surface area contributed by atoms with Crippen molar-refractivity contribution in [3.63, 3.8) is 0 Å². The first-order chi connectivity index (χ1) is 10.3. The molecule has 1 fully saturated rings. The molecule has 1 aliphatic rings. The monoisotopic (exact) mass is 345 g/mol. The topological polar surface area (TPSA) is 63.7 Å². The molecule has 22 heavy (non-hydrogen) atoms. The second kappa shape index (κ2) is 6.87. The fraction of sp³-hybridized carbons (Fsp3) is 0.533. The molecule has 0 spiro atoms. The predicted octanol–water partition coefficient (Wildman–Crippen LogP) is 2.83. The second-order valence-electron chi connectivity index (χ2n) is 5.52. The molecule has 0 unspecified atom stereocenters. The van der Waals surface area contributed by atoms with Crippen molar-refractivity contribution < 1.29 is 17.4 Å². The zero-order valence-electron chi connectivity index (χ0n) is 12.7. The highest BCUT2D eigenvalue weighted by Gasteiger charge is 2.26. The lowest BCUT2D eigenvalue weighted by molar-refractivity contribution is -0.129. The Labute approximate surface area is 136 Å². The van der Waals surface area contributed by atoms with Crippen LogP contribution >= 0.6 is 11.6 Å². The van der Waals surface area contributed by atoms with Gasteiger partial charge >= 0.3 is 10.1 Å². The molecule has 122 valence electrons. The van der Waals surface area contributed by atoms with E-state index >= 15 is 0 Å². The van der Waals surface area contributed by atoms with E-state index < -0.39 is 10.1 Å². The minimum Gasteiger partial charge on any atom is -0.382 e. The molecule has 1 aromatic rings. The minimum atomic E-state index is -3.62. The van der Waals surface area contributed by atoms with Crippen LogP contribution in [0.5, 0.6) is 5.75 Å². The van der Waals surface area contributed by atoms with Gasteiger partial charge in [0.1, 0.15) is 5.75 Å². The Balaban J connectivity index is 2.23. The van der Waals surface area contributed by atoms with Gasteiger partial charge in [-0.3, -0.25) is 4.79 Å². The number of hydrogen-bond acceptors (Lipinski definition) is 4. The molecule has 0 N–H and O–H groups in total. The van der Waals surface area contributed by atoms with Crippen LogP contribution in [0.15, 0.2) is 18.2 Å². The van der Waals surface area contributed by atoms with E-state index in [0.717, 1.165) is 12.8 Å². The van der Waals surface area contributed by atoms with Crippen LogP contribution in [0.4, 0.5) is 0 Å². The third kappa shape index (κ3) is 4.88. The molecule has 7 heteroatoms. The summed E-state index contributed by atoms with van der Waals surface area (Å²) >= 11 is 5.99. The third-order valence-corrected chi connectivity index (χ3v) is 4.95. The quantitative estimate of drug-likeness (QED) is 0.713. The van der Waals surface area contributed by atoms with E-state index in [2.05, 4.69) is 0 Å². The van der Waals surface area contributed by atoms with Gasteiger partial charge in [0.05, 0.1) is 5.75 Å². The van der Waals surface area contributed by atoms with E-state index in [4.69, 9.17) is 15.8 Å². The Bertz CT molecular complexity index is 656. The van der Waals surface area contributed by atoms with Gasteiger partial charge in [0.2, 0.25) is 5.91 Å². The molecule has 1 saturated carbocycles. The average molecular weight is 346 g/mol. The number of carbonyl (C=O) groups excluding carboxylic acids is 1. The SMILES string of the molecule is CCS(=O)(=O)Oc1ccc(Cl)cc1CN(CC1CC1)C(C)=O. The van der Waals surface area contributed by atoms with Crippen molar-refractivity contribution in [2.75, 3.05) is 12.3 Å². The number of benzene rings is 1. The molecule has 0 bridgehead atoms. The van der Waals surface area contributed by atoms with E-state index in [9.17, 15) is 13.2 Å². The number of nitrogens with zero attached hydrogens (tertiary/aromatic N) is 1. The number of halogens is 1. The standard InChI is InChI=1S/C15H20ClNO4S/c1-3-22(19,20)21-15-7-6-14(16)8-13(15)10-17(11(2)18)9-12-4-5-12/h6-8,12H,3-5,9-10H2,1-2H3. The van der Waals surface area contributed by atoms with E-state index in [0.29, 0.717) is 29.6 Å². The summed E-state index contributed by atoms with van der Waals surface area (Å²) in [4.78, 5) is 13.5. The zero-order valence-corrected chi connectivity index (χ0v) is 14.3. The third-order valence-electron chi connectivity index (χ3n) is 3.57. The van der Waals surface area contributed by atoms with Gasteiger partial charge in [-0.15, -0.1) is 0 Å². The van der Waals surface area contributed by atoms with Crippen molar-refractivity contribution in [1.29, 1.82) is 0 Å². The number of hydrogen-bond donors (Lipinski definition) is 0. The summed E-state index contributed by atoms with van der Waals surface area (Å²) < 4.78 is 28.5. The summed E-state index contributed by atoms with van der Waals surface area (Å²) in [5.41, 5.74) is 0.598. The number of amides is 1. The molecule has 1 aliphatic carbocycles. The summed E-state index contributed by atoms with van der Waals surface area (Å²) in [5, 5.41) is 0.478. The molecule has 1 aromatic carbocycles. The first-order valence-electron chi connectivity index (χ1n) is 7.27. The highest BCUT2D eigenvalue weighted by atomic mass is 35.5. The van der Waals surface area contributed by atoms with Crippen LogP contribution in [0.3, 0.4) is 0 Å². The van der Waals surface area contributed by atoms with Gasteiger partial charge in [0.25, 0.3) is 0 Å². The maximum atomic E-state index is 11.8. The highest BCUT2D eigenvalue weighted by Crippen LogP contribution is 2.31. The van der Waals surface area contributed by atoms with Crippen LogP contribution in [0.1, 0.15) is 32.3 Å². The van der Waals surface area contributed by atoms with Crippen LogP contribution in [0.2, 0.25) is 5.02 Å². The lowest BCUT2D eigenvalue weighted by atomic mass is 10.2. The van der Waals surface area contributed by atoms with Gasteiger partial charge in [-0.25, -0.2) is 0 Å². The van der Waals surface area contributed by atoms with E-state index in [1.165, 1.54) is 19.9 Å². The first-order valence-corrected chi connectivity index (χ1v) is 9.22. The van der Waals surface area contributed by atoms with E-state index in [1.807, 2.05) is 0 Å². The second-order valence-corrected chi connectivity index (χ2v) is 7.82. The van der Waals surface area contributed by atoms with Gasteiger partial charge in [0, 0.05) is 30.6 Å². The number of rotatable bonds is 7. The molecular weight excluding hydrogens is 326 g/mol. The smallest absolute Gasteiger partial charge is 0.308 e. The van der Waals surface area contributed by atoms with Gasteiger partial charge < -0.3 is 9.08 Å². The van der Waals surface area contributed by atoms with Gasteiger partial charge in [0.15, 0.2) is 0 Å². The Kier molecular flexibility index (Phi) is 5.34. The Morgan fingerprint density at radius 2 is 2.09 bits per heavy atom. The van der Waals surface area contributed by atoms with Crippen molar-refractivity contribution >= 4 is 27.6 Å².